The van der Waals surface area contributed by atoms with Crippen molar-refractivity contribution in [1.29, 1.82) is 0 Å². The Hall–Kier alpha value is -0.840. The molecule has 0 amide bonds. The monoisotopic (exact) mass is 327 g/mol. The molecule has 1 unspecified atom stereocenters. The molecule has 0 aliphatic heterocycles. The fourth-order valence-electron chi connectivity index (χ4n) is 2.03. The average molecular weight is 329 g/mol. The van der Waals surface area contributed by atoms with E-state index in [0.717, 1.165) is 27.3 Å². The maximum atomic E-state index is 5.93. The fourth-order valence-corrected chi connectivity index (χ4v) is 2.68. The number of benzene rings is 1. The summed E-state index contributed by atoms with van der Waals surface area (Å²) >= 11 is 9.49. The van der Waals surface area contributed by atoms with Gasteiger partial charge in [0, 0.05) is 11.6 Å². The Morgan fingerprint density at radius 2 is 2.06 bits per heavy atom. The maximum Gasteiger partial charge on any atom is 0.0757 e. The molecule has 1 heterocycles. The van der Waals surface area contributed by atoms with Crippen molar-refractivity contribution >= 4 is 27.5 Å². The average Bonchev–Trinajstić information content (AvgIpc) is 2.74. The summed E-state index contributed by atoms with van der Waals surface area (Å²) in [6.45, 7) is 2.92. The van der Waals surface area contributed by atoms with Crippen LogP contribution in [-0.4, -0.2) is 16.8 Å². The first-order valence-corrected chi connectivity index (χ1v) is 6.98. The fraction of sp³-hybridized carbons (Fsp3) is 0.308. The highest BCUT2D eigenvalue weighted by Gasteiger charge is 2.19. The molecule has 3 nitrogen and oxygen atoms in total. The Kier molecular flexibility index (Phi) is 4.43. The minimum absolute atomic E-state index is 0.0964. The van der Waals surface area contributed by atoms with E-state index in [2.05, 4.69) is 33.3 Å². The number of aromatic nitrogens is 2. The number of hydrogen-bond acceptors (Lipinski definition) is 2. The van der Waals surface area contributed by atoms with Crippen LogP contribution in [0.3, 0.4) is 0 Å². The first-order valence-electron chi connectivity index (χ1n) is 5.81. The molecular weight excluding hydrogens is 314 g/mol. The van der Waals surface area contributed by atoms with Crippen LogP contribution >= 0.6 is 27.5 Å². The number of rotatable bonds is 4. The third-order valence-electron chi connectivity index (χ3n) is 2.90. The van der Waals surface area contributed by atoms with Crippen LogP contribution in [0.1, 0.15) is 24.2 Å². The van der Waals surface area contributed by atoms with Crippen LogP contribution in [0.15, 0.2) is 34.9 Å². The summed E-state index contributed by atoms with van der Waals surface area (Å²) in [4.78, 5) is 0. The van der Waals surface area contributed by atoms with Gasteiger partial charge in [0.1, 0.15) is 0 Å². The summed E-state index contributed by atoms with van der Waals surface area (Å²) in [6.07, 6.45) is 1.83. The van der Waals surface area contributed by atoms with E-state index in [4.69, 9.17) is 11.6 Å². The largest absolute Gasteiger partial charge is 0.308 e. The van der Waals surface area contributed by atoms with Crippen molar-refractivity contribution in [2.45, 2.75) is 19.5 Å². The molecule has 0 aliphatic carbocycles. The molecule has 2 aromatic rings. The summed E-state index contributed by atoms with van der Waals surface area (Å²) in [7, 11) is 1.94. The lowest BCUT2D eigenvalue weighted by molar-refractivity contribution is 0.561. The molecule has 0 spiro atoms. The van der Waals surface area contributed by atoms with Crippen molar-refractivity contribution in [2.75, 3.05) is 7.05 Å². The molecule has 0 fully saturated rings. The minimum Gasteiger partial charge on any atom is -0.308 e. The van der Waals surface area contributed by atoms with Crippen LogP contribution in [0, 0.1) is 0 Å². The van der Waals surface area contributed by atoms with E-state index in [1.807, 2.05) is 42.2 Å². The van der Waals surface area contributed by atoms with Crippen molar-refractivity contribution in [2.24, 2.45) is 0 Å². The number of halogens is 2. The molecule has 1 atom stereocenters. The number of nitrogens with one attached hydrogen (secondary N) is 1. The van der Waals surface area contributed by atoms with Gasteiger partial charge in [0.05, 0.1) is 22.4 Å². The third-order valence-corrected chi connectivity index (χ3v) is 3.76. The molecule has 0 radical (unpaired) electrons. The van der Waals surface area contributed by atoms with Crippen molar-refractivity contribution < 1.29 is 0 Å². The maximum absolute atomic E-state index is 5.93. The standard InChI is InChI=1S/C13H15BrClN3/c1-3-18-13(11(14)8-17-18)12(16-2)9-4-6-10(15)7-5-9/h4-8,12,16H,3H2,1-2H3. The second kappa shape index (κ2) is 5.87. The van der Waals surface area contributed by atoms with Gasteiger partial charge in [-0.1, -0.05) is 23.7 Å². The molecule has 96 valence electrons. The molecule has 0 saturated carbocycles. The predicted molar refractivity (Wildman–Crippen MR) is 78.0 cm³/mol. The molecule has 18 heavy (non-hydrogen) atoms. The summed E-state index contributed by atoms with van der Waals surface area (Å²) in [5.41, 5.74) is 2.29. The van der Waals surface area contributed by atoms with E-state index < -0.39 is 0 Å². The summed E-state index contributed by atoms with van der Waals surface area (Å²) < 4.78 is 3.00. The molecule has 1 aromatic carbocycles. The topological polar surface area (TPSA) is 29.9 Å². The highest BCUT2D eigenvalue weighted by atomic mass is 79.9. The summed E-state index contributed by atoms with van der Waals surface area (Å²) in [5, 5.41) is 8.42. The van der Waals surface area contributed by atoms with Crippen LogP contribution < -0.4 is 5.32 Å². The van der Waals surface area contributed by atoms with Gasteiger partial charge in [-0.05, 0) is 47.6 Å². The SMILES string of the molecule is CCn1ncc(Br)c1C(NC)c1ccc(Cl)cc1. The van der Waals surface area contributed by atoms with E-state index in [-0.39, 0.29) is 6.04 Å². The molecule has 2 rings (SSSR count). The highest BCUT2D eigenvalue weighted by Crippen LogP contribution is 2.29. The van der Waals surface area contributed by atoms with E-state index in [9.17, 15) is 0 Å². The molecule has 0 saturated heterocycles. The Morgan fingerprint density at radius 1 is 1.39 bits per heavy atom. The zero-order chi connectivity index (χ0) is 13.1. The lowest BCUT2D eigenvalue weighted by Gasteiger charge is -2.19. The van der Waals surface area contributed by atoms with E-state index in [1.165, 1.54) is 0 Å². The van der Waals surface area contributed by atoms with Gasteiger partial charge in [-0.3, -0.25) is 4.68 Å². The van der Waals surface area contributed by atoms with Crippen molar-refractivity contribution in [3.8, 4) is 0 Å². The van der Waals surface area contributed by atoms with Crippen LogP contribution in [-0.2, 0) is 6.54 Å². The molecule has 1 aromatic heterocycles. The molecular formula is C13H15BrClN3. The molecule has 0 bridgehead atoms. The second-order valence-corrected chi connectivity index (χ2v) is 5.26. The lowest BCUT2D eigenvalue weighted by atomic mass is 10.0. The predicted octanol–water partition coefficient (Wildman–Crippen LogP) is 3.63. The third kappa shape index (κ3) is 2.60. The minimum atomic E-state index is 0.0964. The highest BCUT2D eigenvalue weighted by molar-refractivity contribution is 9.10. The molecule has 1 N–H and O–H groups in total. The first-order chi connectivity index (χ1) is 8.67. The van der Waals surface area contributed by atoms with Gasteiger partial charge in [0.2, 0.25) is 0 Å². The number of hydrogen-bond donors (Lipinski definition) is 1. The summed E-state index contributed by atoms with van der Waals surface area (Å²) in [6, 6.07) is 7.97. The molecule has 0 aliphatic rings. The van der Waals surface area contributed by atoms with E-state index in [0.29, 0.717) is 0 Å². The second-order valence-electron chi connectivity index (χ2n) is 3.97. The van der Waals surface area contributed by atoms with Gasteiger partial charge in [0.15, 0.2) is 0 Å². The van der Waals surface area contributed by atoms with Gasteiger partial charge < -0.3 is 5.32 Å². The van der Waals surface area contributed by atoms with Crippen molar-refractivity contribution in [1.82, 2.24) is 15.1 Å². The van der Waals surface area contributed by atoms with Crippen molar-refractivity contribution in [3.05, 3.63) is 51.2 Å². The normalized spacial score (nSPS) is 12.7. The van der Waals surface area contributed by atoms with Crippen LogP contribution in [0.5, 0.6) is 0 Å². The zero-order valence-electron chi connectivity index (χ0n) is 10.3. The summed E-state index contributed by atoms with van der Waals surface area (Å²) in [5.74, 6) is 0. The van der Waals surface area contributed by atoms with E-state index >= 15 is 0 Å². The Balaban J connectivity index is 2.44. The Labute approximate surface area is 120 Å². The van der Waals surface area contributed by atoms with Crippen LogP contribution in [0.25, 0.3) is 0 Å². The smallest absolute Gasteiger partial charge is 0.0757 e. The first kappa shape index (κ1) is 13.6. The number of aryl methyl sites for hydroxylation is 1. The van der Waals surface area contributed by atoms with Gasteiger partial charge >= 0.3 is 0 Å². The Morgan fingerprint density at radius 3 is 2.61 bits per heavy atom. The number of nitrogens with zero attached hydrogens (tertiary/aromatic N) is 2. The van der Waals surface area contributed by atoms with Crippen LogP contribution in [0.4, 0.5) is 0 Å². The van der Waals surface area contributed by atoms with Crippen LogP contribution in [0.2, 0.25) is 5.02 Å². The van der Waals surface area contributed by atoms with E-state index in [1.54, 1.807) is 0 Å². The quantitative estimate of drug-likeness (QED) is 0.929. The van der Waals surface area contributed by atoms with Gasteiger partial charge in [-0.2, -0.15) is 5.10 Å². The molecule has 5 heteroatoms. The van der Waals surface area contributed by atoms with Gasteiger partial charge in [0.25, 0.3) is 0 Å². The lowest BCUT2D eigenvalue weighted by Crippen LogP contribution is -2.21. The zero-order valence-corrected chi connectivity index (χ0v) is 12.7. The van der Waals surface area contributed by atoms with Gasteiger partial charge in [-0.15, -0.1) is 0 Å². The Bertz CT molecular complexity index is 522. The van der Waals surface area contributed by atoms with Crippen molar-refractivity contribution in [3.63, 3.8) is 0 Å². The van der Waals surface area contributed by atoms with Gasteiger partial charge in [-0.25, -0.2) is 0 Å².